The highest BCUT2D eigenvalue weighted by atomic mass is 16.5. The lowest BCUT2D eigenvalue weighted by Crippen LogP contribution is -2.42. The van der Waals surface area contributed by atoms with Crippen molar-refractivity contribution in [1.29, 1.82) is 0 Å². The Labute approximate surface area is 188 Å². The highest BCUT2D eigenvalue weighted by Crippen LogP contribution is 2.20. The molecule has 2 heterocycles. The average Bonchev–Trinajstić information content (AvgIpc) is 3.25. The Morgan fingerprint density at radius 2 is 1.84 bits per heavy atom. The van der Waals surface area contributed by atoms with Crippen molar-refractivity contribution in [2.45, 2.75) is 25.3 Å². The van der Waals surface area contributed by atoms with E-state index in [4.69, 9.17) is 4.74 Å². The van der Waals surface area contributed by atoms with Crippen molar-refractivity contribution in [2.24, 2.45) is 0 Å². The number of anilines is 1. The average molecular weight is 429 g/mol. The molecule has 0 bridgehead atoms. The molecule has 0 saturated carbocycles. The Hall–Kier alpha value is -3.64. The Morgan fingerprint density at radius 3 is 2.62 bits per heavy atom. The second-order valence-electron chi connectivity index (χ2n) is 7.75. The first-order chi connectivity index (χ1) is 15.7. The molecule has 1 atom stereocenters. The number of aromatic amines is 1. The molecule has 2 aromatic heterocycles. The van der Waals surface area contributed by atoms with Gasteiger partial charge in [-0.3, -0.25) is 9.78 Å². The molecule has 6 heteroatoms. The van der Waals surface area contributed by atoms with Crippen LogP contribution in [-0.2, 0) is 17.6 Å². The van der Waals surface area contributed by atoms with Gasteiger partial charge >= 0.3 is 0 Å². The van der Waals surface area contributed by atoms with E-state index in [1.165, 1.54) is 5.56 Å². The Kier molecular flexibility index (Phi) is 7.15. The molecule has 32 heavy (non-hydrogen) atoms. The van der Waals surface area contributed by atoms with E-state index in [2.05, 4.69) is 38.8 Å². The first-order valence-corrected chi connectivity index (χ1v) is 10.8. The molecule has 3 N–H and O–H groups in total. The molecule has 6 nitrogen and oxygen atoms in total. The van der Waals surface area contributed by atoms with Gasteiger partial charge in [0.1, 0.15) is 5.75 Å². The van der Waals surface area contributed by atoms with Gasteiger partial charge < -0.3 is 20.4 Å². The number of hydrogen-bond donors (Lipinski definition) is 3. The summed E-state index contributed by atoms with van der Waals surface area (Å²) < 4.78 is 5.22. The van der Waals surface area contributed by atoms with Gasteiger partial charge in [0, 0.05) is 35.2 Å². The van der Waals surface area contributed by atoms with E-state index < -0.39 is 0 Å². The van der Waals surface area contributed by atoms with Crippen molar-refractivity contribution in [1.82, 2.24) is 15.3 Å². The standard InChI is InChI=1S/C26H28N4O2/c1-32-22-10-8-19(9-11-22)5-4-14-28-25(26(31)30-21-12-15-27-16-13-21)17-20-18-29-24-7-3-2-6-23(20)24/h2-3,6-13,15-16,18,25,28-29H,4-5,14,17H2,1H3,(H,27,30,31)/t25-/m0/s1. The van der Waals surface area contributed by atoms with Crippen LogP contribution in [0.3, 0.4) is 0 Å². The molecular formula is C26H28N4O2. The fourth-order valence-electron chi connectivity index (χ4n) is 3.80. The number of aryl methyl sites for hydroxylation is 1. The van der Waals surface area contributed by atoms with Crippen molar-refractivity contribution in [3.05, 3.63) is 90.4 Å². The van der Waals surface area contributed by atoms with Gasteiger partial charge in [-0.05, 0) is 67.3 Å². The number of pyridine rings is 1. The monoisotopic (exact) mass is 428 g/mol. The molecule has 1 amide bonds. The maximum Gasteiger partial charge on any atom is 0.241 e. The van der Waals surface area contributed by atoms with Crippen LogP contribution in [0.25, 0.3) is 10.9 Å². The lowest BCUT2D eigenvalue weighted by Gasteiger charge is -2.18. The fourth-order valence-corrected chi connectivity index (χ4v) is 3.80. The minimum atomic E-state index is -0.349. The van der Waals surface area contributed by atoms with Crippen LogP contribution in [0.1, 0.15) is 17.5 Å². The van der Waals surface area contributed by atoms with E-state index >= 15 is 0 Å². The Bertz CT molecular complexity index is 1140. The smallest absolute Gasteiger partial charge is 0.241 e. The minimum Gasteiger partial charge on any atom is -0.497 e. The number of rotatable bonds is 10. The Balaban J connectivity index is 1.41. The van der Waals surface area contributed by atoms with Crippen LogP contribution in [0.2, 0.25) is 0 Å². The summed E-state index contributed by atoms with van der Waals surface area (Å²) >= 11 is 0. The summed E-state index contributed by atoms with van der Waals surface area (Å²) in [6, 6.07) is 19.5. The summed E-state index contributed by atoms with van der Waals surface area (Å²) in [4.78, 5) is 20.4. The van der Waals surface area contributed by atoms with Crippen molar-refractivity contribution in [2.75, 3.05) is 19.0 Å². The van der Waals surface area contributed by atoms with Crippen LogP contribution in [0.5, 0.6) is 5.75 Å². The predicted octanol–water partition coefficient (Wildman–Crippen LogP) is 4.34. The van der Waals surface area contributed by atoms with Crippen LogP contribution in [-0.4, -0.2) is 35.6 Å². The van der Waals surface area contributed by atoms with E-state index in [0.29, 0.717) is 6.42 Å². The number of amides is 1. The van der Waals surface area contributed by atoms with E-state index in [9.17, 15) is 4.79 Å². The molecule has 0 aliphatic heterocycles. The number of H-pyrrole nitrogens is 1. The number of hydrogen-bond acceptors (Lipinski definition) is 4. The number of aromatic nitrogens is 2. The second kappa shape index (κ2) is 10.6. The van der Waals surface area contributed by atoms with Gasteiger partial charge in [0.2, 0.25) is 5.91 Å². The number of benzene rings is 2. The molecule has 0 radical (unpaired) electrons. The molecular weight excluding hydrogens is 400 g/mol. The topological polar surface area (TPSA) is 79.0 Å². The highest BCUT2D eigenvalue weighted by Gasteiger charge is 2.20. The zero-order chi connectivity index (χ0) is 22.2. The second-order valence-corrected chi connectivity index (χ2v) is 7.75. The third-order valence-electron chi connectivity index (χ3n) is 5.56. The van der Waals surface area contributed by atoms with Crippen LogP contribution in [0.4, 0.5) is 5.69 Å². The van der Waals surface area contributed by atoms with Gasteiger partial charge in [0.05, 0.1) is 13.2 Å². The summed E-state index contributed by atoms with van der Waals surface area (Å²) in [5.41, 5.74) is 4.20. The first-order valence-electron chi connectivity index (χ1n) is 10.8. The number of carbonyl (C=O) groups excluding carboxylic acids is 1. The predicted molar refractivity (Wildman–Crippen MR) is 128 cm³/mol. The molecule has 164 valence electrons. The van der Waals surface area contributed by atoms with Gasteiger partial charge in [-0.1, -0.05) is 30.3 Å². The zero-order valence-electron chi connectivity index (χ0n) is 18.2. The number of nitrogens with zero attached hydrogens (tertiary/aromatic N) is 1. The lowest BCUT2D eigenvalue weighted by molar-refractivity contribution is -0.118. The van der Waals surface area contributed by atoms with Gasteiger partial charge in [-0.2, -0.15) is 0 Å². The van der Waals surface area contributed by atoms with Crippen molar-refractivity contribution >= 4 is 22.5 Å². The number of nitrogens with one attached hydrogen (secondary N) is 3. The maximum atomic E-state index is 13.1. The molecule has 4 rings (SSSR count). The van der Waals surface area contributed by atoms with Gasteiger partial charge in [0.15, 0.2) is 0 Å². The molecule has 0 aliphatic carbocycles. The summed E-state index contributed by atoms with van der Waals surface area (Å²) in [5.74, 6) is 0.810. The van der Waals surface area contributed by atoms with Gasteiger partial charge in [0.25, 0.3) is 0 Å². The molecule has 0 fully saturated rings. The van der Waals surface area contributed by atoms with E-state index in [1.807, 2.05) is 36.5 Å². The quantitative estimate of drug-likeness (QED) is 0.328. The SMILES string of the molecule is COc1ccc(CCCN[C@@H](Cc2c[nH]c3ccccc23)C(=O)Nc2ccncc2)cc1. The number of fused-ring (bicyclic) bond motifs is 1. The summed E-state index contributed by atoms with van der Waals surface area (Å²) in [6.07, 6.45) is 7.81. The molecule has 4 aromatic rings. The van der Waals surface area contributed by atoms with E-state index in [1.54, 1.807) is 31.6 Å². The Morgan fingerprint density at radius 1 is 1.06 bits per heavy atom. The van der Waals surface area contributed by atoms with E-state index in [0.717, 1.165) is 47.3 Å². The van der Waals surface area contributed by atoms with Crippen LogP contribution >= 0.6 is 0 Å². The van der Waals surface area contributed by atoms with Crippen molar-refractivity contribution in [3.63, 3.8) is 0 Å². The molecule has 0 saturated heterocycles. The van der Waals surface area contributed by atoms with E-state index in [-0.39, 0.29) is 11.9 Å². The minimum absolute atomic E-state index is 0.0501. The molecule has 0 aliphatic rings. The highest BCUT2D eigenvalue weighted by molar-refractivity contribution is 5.95. The largest absolute Gasteiger partial charge is 0.497 e. The molecule has 0 spiro atoms. The lowest BCUT2D eigenvalue weighted by atomic mass is 10.0. The van der Waals surface area contributed by atoms with Gasteiger partial charge in [-0.15, -0.1) is 0 Å². The normalized spacial score (nSPS) is 11.9. The fraction of sp³-hybridized carbons (Fsp3) is 0.231. The summed E-state index contributed by atoms with van der Waals surface area (Å²) in [7, 11) is 1.67. The summed E-state index contributed by atoms with van der Waals surface area (Å²) in [6.45, 7) is 0.739. The summed E-state index contributed by atoms with van der Waals surface area (Å²) in [5, 5.41) is 7.62. The third kappa shape index (κ3) is 5.53. The van der Waals surface area contributed by atoms with Crippen LogP contribution in [0, 0.1) is 0 Å². The number of para-hydroxylation sites is 1. The number of ether oxygens (including phenoxy) is 1. The molecule has 0 unspecified atom stereocenters. The van der Waals surface area contributed by atoms with Crippen LogP contribution < -0.4 is 15.4 Å². The van der Waals surface area contributed by atoms with Gasteiger partial charge in [-0.25, -0.2) is 0 Å². The number of carbonyl (C=O) groups is 1. The first kappa shape index (κ1) is 21.6. The van der Waals surface area contributed by atoms with Crippen molar-refractivity contribution < 1.29 is 9.53 Å². The maximum absolute atomic E-state index is 13.1. The van der Waals surface area contributed by atoms with Crippen LogP contribution in [0.15, 0.2) is 79.3 Å². The zero-order valence-corrected chi connectivity index (χ0v) is 18.2. The number of methoxy groups -OCH3 is 1. The third-order valence-corrected chi connectivity index (χ3v) is 5.56. The van der Waals surface area contributed by atoms with Crippen molar-refractivity contribution in [3.8, 4) is 5.75 Å². The molecule has 2 aromatic carbocycles.